The molecule has 2 aromatic carbocycles. The summed E-state index contributed by atoms with van der Waals surface area (Å²) in [7, 11) is 0. The van der Waals surface area contributed by atoms with Gasteiger partial charge in [-0.25, -0.2) is 4.98 Å². The van der Waals surface area contributed by atoms with Gasteiger partial charge in [0.15, 0.2) is 5.13 Å². The number of carbonyl (C=O) groups is 1. The Morgan fingerprint density at radius 3 is 2.92 bits per heavy atom. The summed E-state index contributed by atoms with van der Waals surface area (Å²) in [6.45, 7) is 2.19. The van der Waals surface area contributed by atoms with Crippen LogP contribution in [0.2, 0.25) is 5.02 Å². The van der Waals surface area contributed by atoms with E-state index in [1.165, 1.54) is 29.7 Å². The van der Waals surface area contributed by atoms with E-state index in [9.17, 15) is 4.79 Å². The molecule has 3 rings (SSSR count). The maximum Gasteiger partial charge on any atom is 0.258 e. The number of aromatic nitrogens is 1. The van der Waals surface area contributed by atoms with Gasteiger partial charge in [0, 0.05) is 4.47 Å². The Bertz CT molecular complexity index is 894. The Hall–Kier alpha value is -1.43. The van der Waals surface area contributed by atoms with E-state index in [0.717, 1.165) is 21.1 Å². The minimum absolute atomic E-state index is 0.258. The van der Waals surface area contributed by atoms with E-state index in [1.54, 1.807) is 18.2 Å². The minimum Gasteiger partial charge on any atom is -0.298 e. The average Bonchev–Trinajstić information content (AvgIpc) is 2.96. The van der Waals surface area contributed by atoms with Gasteiger partial charge in [0.25, 0.3) is 5.91 Å². The Labute approximate surface area is 158 Å². The second-order valence-corrected chi connectivity index (χ2v) is 7.86. The molecule has 0 saturated carbocycles. The van der Waals surface area contributed by atoms with Crippen molar-refractivity contribution in [3.63, 3.8) is 0 Å². The molecule has 0 radical (unpaired) electrons. The molecule has 0 aliphatic rings. The number of halogens is 2. The van der Waals surface area contributed by atoms with E-state index in [4.69, 9.17) is 11.6 Å². The van der Waals surface area contributed by atoms with Crippen molar-refractivity contribution in [3.8, 4) is 0 Å². The molecule has 0 aliphatic carbocycles. The lowest BCUT2D eigenvalue weighted by atomic mass is 10.1. The second-order valence-electron chi connectivity index (χ2n) is 5.50. The number of carbonyl (C=O) groups excluding carboxylic acids is 1. The molecule has 0 spiro atoms. The summed E-state index contributed by atoms with van der Waals surface area (Å²) in [5, 5.41) is 3.84. The van der Waals surface area contributed by atoms with Gasteiger partial charge in [-0.2, -0.15) is 0 Å². The molecule has 3 nitrogen and oxygen atoms in total. The van der Waals surface area contributed by atoms with Gasteiger partial charge in [-0.15, -0.1) is 0 Å². The summed E-state index contributed by atoms with van der Waals surface area (Å²) in [6.07, 6.45) is 3.42. The Morgan fingerprint density at radius 2 is 2.12 bits per heavy atom. The topological polar surface area (TPSA) is 42.0 Å². The van der Waals surface area contributed by atoms with E-state index in [1.807, 2.05) is 6.07 Å². The summed E-state index contributed by atoms with van der Waals surface area (Å²) in [6, 6.07) is 11.5. The summed E-state index contributed by atoms with van der Waals surface area (Å²) in [4.78, 5) is 16.9. The number of anilines is 1. The number of unbranched alkanes of at least 4 members (excludes halogenated alkanes) is 1. The molecule has 1 N–H and O–H groups in total. The van der Waals surface area contributed by atoms with Gasteiger partial charge >= 0.3 is 0 Å². The van der Waals surface area contributed by atoms with E-state index < -0.39 is 0 Å². The van der Waals surface area contributed by atoms with Crippen molar-refractivity contribution in [3.05, 3.63) is 57.0 Å². The van der Waals surface area contributed by atoms with Gasteiger partial charge < -0.3 is 0 Å². The fourth-order valence-electron chi connectivity index (χ4n) is 2.39. The monoisotopic (exact) mass is 422 g/mol. The van der Waals surface area contributed by atoms with E-state index in [0.29, 0.717) is 15.7 Å². The molecule has 0 fully saturated rings. The number of fused-ring (bicyclic) bond motifs is 1. The number of thiazole rings is 1. The molecular formula is C18H16BrClN2OS. The van der Waals surface area contributed by atoms with E-state index >= 15 is 0 Å². The largest absolute Gasteiger partial charge is 0.298 e. The molecule has 3 aromatic rings. The van der Waals surface area contributed by atoms with Crippen molar-refractivity contribution >= 4 is 60.1 Å². The maximum absolute atomic E-state index is 12.4. The number of amides is 1. The number of hydrogen-bond acceptors (Lipinski definition) is 3. The zero-order chi connectivity index (χ0) is 17.1. The SMILES string of the molecule is CCCCc1ccc2nc(NC(=O)c3cc(Br)ccc3Cl)sc2c1. The minimum atomic E-state index is -0.258. The summed E-state index contributed by atoms with van der Waals surface area (Å²) in [5.41, 5.74) is 2.63. The van der Waals surface area contributed by atoms with Crippen LogP contribution in [0.3, 0.4) is 0 Å². The molecule has 124 valence electrons. The molecule has 0 unspecified atom stereocenters. The smallest absolute Gasteiger partial charge is 0.258 e. The van der Waals surface area contributed by atoms with Crippen LogP contribution in [0.1, 0.15) is 35.7 Å². The first kappa shape index (κ1) is 17.4. The fraction of sp³-hybridized carbons (Fsp3) is 0.222. The highest BCUT2D eigenvalue weighted by Gasteiger charge is 2.13. The van der Waals surface area contributed by atoms with Crippen molar-refractivity contribution < 1.29 is 4.79 Å². The molecule has 0 saturated heterocycles. The number of nitrogens with one attached hydrogen (secondary N) is 1. The first-order valence-corrected chi connectivity index (χ1v) is 9.71. The zero-order valence-electron chi connectivity index (χ0n) is 13.1. The zero-order valence-corrected chi connectivity index (χ0v) is 16.3. The predicted molar refractivity (Wildman–Crippen MR) is 105 cm³/mol. The average molecular weight is 424 g/mol. The number of nitrogens with zero attached hydrogens (tertiary/aromatic N) is 1. The van der Waals surface area contributed by atoms with Gasteiger partial charge in [-0.05, 0) is 48.7 Å². The quantitative estimate of drug-likeness (QED) is 0.522. The highest BCUT2D eigenvalue weighted by molar-refractivity contribution is 9.10. The van der Waals surface area contributed by atoms with Crippen molar-refractivity contribution in [2.45, 2.75) is 26.2 Å². The van der Waals surface area contributed by atoms with Crippen LogP contribution >= 0.6 is 38.9 Å². The van der Waals surface area contributed by atoms with Crippen molar-refractivity contribution in [2.75, 3.05) is 5.32 Å². The van der Waals surface area contributed by atoms with Gasteiger partial charge in [0.2, 0.25) is 0 Å². The van der Waals surface area contributed by atoms with Crippen LogP contribution in [0.15, 0.2) is 40.9 Å². The summed E-state index contributed by atoms with van der Waals surface area (Å²) >= 11 is 10.9. The van der Waals surface area contributed by atoms with Crippen LogP contribution < -0.4 is 5.32 Å². The molecule has 24 heavy (non-hydrogen) atoms. The number of hydrogen-bond donors (Lipinski definition) is 1. The van der Waals surface area contributed by atoms with Crippen molar-refractivity contribution in [2.24, 2.45) is 0 Å². The molecule has 0 atom stereocenters. The number of aryl methyl sites for hydroxylation is 1. The van der Waals surface area contributed by atoms with Crippen molar-refractivity contribution in [1.82, 2.24) is 4.98 Å². The Kier molecular flexibility index (Phi) is 5.54. The van der Waals surface area contributed by atoms with E-state index in [-0.39, 0.29) is 5.91 Å². The first-order valence-electron chi connectivity index (χ1n) is 7.72. The first-order chi connectivity index (χ1) is 11.6. The Balaban J connectivity index is 1.82. The maximum atomic E-state index is 12.4. The third-order valence-electron chi connectivity index (χ3n) is 3.67. The van der Waals surface area contributed by atoms with E-state index in [2.05, 4.69) is 45.3 Å². The van der Waals surface area contributed by atoms with Crippen LogP contribution in [0.5, 0.6) is 0 Å². The van der Waals surface area contributed by atoms with Crippen LogP contribution in [-0.2, 0) is 6.42 Å². The highest BCUT2D eigenvalue weighted by atomic mass is 79.9. The molecule has 0 bridgehead atoms. The van der Waals surface area contributed by atoms with Gasteiger partial charge in [-0.3, -0.25) is 10.1 Å². The number of rotatable bonds is 5. The Morgan fingerprint density at radius 1 is 1.29 bits per heavy atom. The standard InChI is InChI=1S/C18H16BrClN2OS/c1-2-3-4-11-5-8-15-16(9-11)24-18(21-15)22-17(23)13-10-12(19)6-7-14(13)20/h5-10H,2-4H2,1H3,(H,21,22,23). The normalized spacial score (nSPS) is 11.0. The van der Waals surface area contributed by atoms with Crippen LogP contribution in [0.4, 0.5) is 5.13 Å². The van der Waals surface area contributed by atoms with Crippen LogP contribution in [-0.4, -0.2) is 10.9 Å². The van der Waals surface area contributed by atoms with Gasteiger partial charge in [-0.1, -0.05) is 58.3 Å². The predicted octanol–water partition coefficient (Wildman–Crippen LogP) is 6.31. The molecule has 1 aromatic heterocycles. The lowest BCUT2D eigenvalue weighted by Crippen LogP contribution is -2.12. The molecule has 1 heterocycles. The molecular weight excluding hydrogens is 408 g/mol. The third-order valence-corrected chi connectivity index (χ3v) is 5.42. The summed E-state index contributed by atoms with van der Waals surface area (Å²) < 4.78 is 1.89. The summed E-state index contributed by atoms with van der Waals surface area (Å²) in [5.74, 6) is -0.258. The highest BCUT2D eigenvalue weighted by Crippen LogP contribution is 2.28. The fourth-order valence-corrected chi connectivity index (χ4v) is 3.88. The van der Waals surface area contributed by atoms with Gasteiger partial charge in [0.05, 0.1) is 20.8 Å². The van der Waals surface area contributed by atoms with Gasteiger partial charge in [0.1, 0.15) is 0 Å². The number of benzene rings is 2. The molecule has 6 heteroatoms. The lowest BCUT2D eigenvalue weighted by molar-refractivity contribution is 0.102. The molecule has 1 amide bonds. The van der Waals surface area contributed by atoms with Crippen LogP contribution in [0, 0.1) is 0 Å². The third kappa shape index (κ3) is 3.97. The lowest BCUT2D eigenvalue weighted by Gasteiger charge is -2.04. The van der Waals surface area contributed by atoms with Crippen LogP contribution in [0.25, 0.3) is 10.2 Å². The second kappa shape index (κ2) is 7.64. The molecule has 0 aliphatic heterocycles. The van der Waals surface area contributed by atoms with Crippen molar-refractivity contribution in [1.29, 1.82) is 0 Å².